The van der Waals surface area contributed by atoms with Gasteiger partial charge in [0.25, 0.3) is 0 Å². The lowest BCUT2D eigenvalue weighted by atomic mass is 9.66. The third kappa shape index (κ3) is 3.49. The smallest absolute Gasteiger partial charge is 0.250 e. The van der Waals surface area contributed by atoms with Gasteiger partial charge < -0.3 is 30.1 Å². The van der Waals surface area contributed by atoms with Crippen LogP contribution < -0.4 is 15.4 Å². The van der Waals surface area contributed by atoms with Gasteiger partial charge >= 0.3 is 0 Å². The normalized spacial score (nSPS) is 31.2. The average molecular weight is 494 g/mol. The maximum atomic E-state index is 14.1. The van der Waals surface area contributed by atoms with Gasteiger partial charge in [0.15, 0.2) is 0 Å². The Morgan fingerprint density at radius 1 is 1.14 bits per heavy atom. The Kier molecular flexibility index (Phi) is 6.00. The number of anilines is 1. The molecule has 9 heteroatoms. The van der Waals surface area contributed by atoms with Crippen LogP contribution in [0.2, 0.25) is 0 Å². The van der Waals surface area contributed by atoms with E-state index >= 15 is 0 Å². The van der Waals surface area contributed by atoms with E-state index in [1.807, 2.05) is 37.3 Å². The maximum absolute atomic E-state index is 14.1. The SMILES string of the molecule is CNC(=O)[C@@H]1[C@H]2C(=O)N([C@H](CO)c3ccccc3)C(C(=O)Nc3ccc(OC)cc3)C23CC[C@@]1(C)O3. The number of aliphatic hydroxyl groups excluding tert-OH is 1. The highest BCUT2D eigenvalue weighted by atomic mass is 16.5. The van der Waals surface area contributed by atoms with Crippen molar-refractivity contribution in [1.82, 2.24) is 10.2 Å². The van der Waals surface area contributed by atoms with Crippen molar-refractivity contribution >= 4 is 23.4 Å². The number of rotatable bonds is 7. The number of hydrogen-bond donors (Lipinski definition) is 3. The Bertz CT molecular complexity index is 1170. The third-order valence-electron chi connectivity index (χ3n) is 8.04. The molecule has 36 heavy (non-hydrogen) atoms. The second-order valence-electron chi connectivity index (χ2n) is 9.91. The molecule has 5 rings (SSSR count). The van der Waals surface area contributed by atoms with Gasteiger partial charge in [0.1, 0.15) is 17.4 Å². The van der Waals surface area contributed by atoms with Crippen molar-refractivity contribution in [1.29, 1.82) is 0 Å². The van der Waals surface area contributed by atoms with Crippen molar-refractivity contribution in [2.75, 3.05) is 26.1 Å². The molecule has 2 unspecified atom stereocenters. The van der Waals surface area contributed by atoms with Crippen LogP contribution in [0, 0.1) is 11.8 Å². The molecular weight excluding hydrogens is 462 g/mol. The molecule has 3 saturated heterocycles. The number of nitrogens with zero attached hydrogens (tertiary/aromatic N) is 1. The van der Waals surface area contributed by atoms with E-state index in [2.05, 4.69) is 10.6 Å². The second kappa shape index (κ2) is 8.90. The molecule has 2 aromatic carbocycles. The van der Waals surface area contributed by atoms with E-state index < -0.39 is 41.0 Å². The summed E-state index contributed by atoms with van der Waals surface area (Å²) in [4.78, 5) is 42.5. The molecule has 0 aliphatic carbocycles. The number of carbonyl (C=O) groups excluding carboxylic acids is 3. The fraction of sp³-hybridized carbons (Fsp3) is 0.444. The molecular formula is C27H31N3O6. The van der Waals surface area contributed by atoms with Crippen LogP contribution in [0.4, 0.5) is 5.69 Å². The average Bonchev–Trinajstić information content (AvgIpc) is 3.46. The van der Waals surface area contributed by atoms with Gasteiger partial charge in [-0.15, -0.1) is 0 Å². The van der Waals surface area contributed by atoms with Gasteiger partial charge in [0.2, 0.25) is 17.7 Å². The number of carbonyl (C=O) groups is 3. The first kappa shape index (κ1) is 24.3. The predicted octanol–water partition coefficient (Wildman–Crippen LogP) is 1.88. The number of likely N-dealkylation sites (tertiary alicyclic amines) is 1. The Labute approximate surface area is 209 Å². The highest BCUT2D eigenvalue weighted by molar-refractivity contribution is 6.04. The molecule has 3 aliphatic heterocycles. The first-order valence-corrected chi connectivity index (χ1v) is 12.1. The van der Waals surface area contributed by atoms with Gasteiger partial charge in [-0.25, -0.2) is 0 Å². The minimum atomic E-state index is -1.18. The molecule has 9 nitrogen and oxygen atoms in total. The summed E-state index contributed by atoms with van der Waals surface area (Å²) in [5.74, 6) is -1.99. The van der Waals surface area contributed by atoms with Gasteiger partial charge in [-0.3, -0.25) is 14.4 Å². The minimum Gasteiger partial charge on any atom is -0.497 e. The number of fused-ring (bicyclic) bond motifs is 1. The summed E-state index contributed by atoms with van der Waals surface area (Å²) in [6, 6.07) is 14.2. The van der Waals surface area contributed by atoms with Crippen LogP contribution >= 0.6 is 0 Å². The van der Waals surface area contributed by atoms with Crippen LogP contribution in [0.15, 0.2) is 54.6 Å². The number of amides is 3. The molecule has 2 aromatic rings. The molecule has 1 spiro atoms. The molecule has 3 heterocycles. The van der Waals surface area contributed by atoms with E-state index in [-0.39, 0.29) is 18.4 Å². The summed E-state index contributed by atoms with van der Waals surface area (Å²) in [7, 11) is 3.10. The minimum absolute atomic E-state index is 0.283. The zero-order chi connectivity index (χ0) is 25.7. The molecule has 190 valence electrons. The van der Waals surface area contributed by atoms with E-state index in [0.717, 1.165) is 0 Å². The molecule has 3 amide bonds. The maximum Gasteiger partial charge on any atom is 0.250 e. The Morgan fingerprint density at radius 2 is 1.83 bits per heavy atom. The molecule has 0 saturated carbocycles. The van der Waals surface area contributed by atoms with Crippen LogP contribution in [0.1, 0.15) is 31.4 Å². The van der Waals surface area contributed by atoms with Crippen LogP contribution in [0.25, 0.3) is 0 Å². The monoisotopic (exact) mass is 493 g/mol. The Hall–Kier alpha value is -3.43. The van der Waals surface area contributed by atoms with Gasteiger partial charge in [-0.05, 0) is 49.6 Å². The standard InChI is InChI=1S/C27H31N3O6/c1-26-13-14-27(36-26)21(20(26)23(32)28-2)25(34)30(19(15-31)16-7-5-4-6-8-16)22(27)24(33)29-17-9-11-18(35-3)12-10-17/h4-12,19-22,31H,13-15H2,1-3H3,(H,28,32)(H,29,33)/t19-,20+,21+,22?,26-,27?/m1/s1. The molecule has 3 fully saturated rings. The van der Waals surface area contributed by atoms with Crippen molar-refractivity contribution in [3.63, 3.8) is 0 Å². The first-order chi connectivity index (χ1) is 17.3. The van der Waals surface area contributed by atoms with E-state index in [0.29, 0.717) is 29.8 Å². The Morgan fingerprint density at radius 3 is 2.44 bits per heavy atom. The lowest BCUT2D eigenvalue weighted by Gasteiger charge is -2.37. The van der Waals surface area contributed by atoms with Crippen LogP contribution in [-0.4, -0.2) is 65.7 Å². The van der Waals surface area contributed by atoms with Gasteiger partial charge in [-0.1, -0.05) is 30.3 Å². The van der Waals surface area contributed by atoms with E-state index in [4.69, 9.17) is 9.47 Å². The number of nitrogens with one attached hydrogen (secondary N) is 2. The molecule has 2 bridgehead atoms. The fourth-order valence-electron chi connectivity index (χ4n) is 6.47. The summed E-state index contributed by atoms with van der Waals surface area (Å²) in [5.41, 5.74) is -0.798. The molecule has 3 N–H and O–H groups in total. The van der Waals surface area contributed by atoms with E-state index in [9.17, 15) is 19.5 Å². The lowest BCUT2D eigenvalue weighted by Crippen LogP contribution is -2.54. The zero-order valence-corrected chi connectivity index (χ0v) is 20.6. The summed E-state index contributed by atoms with van der Waals surface area (Å²) in [6.45, 7) is 1.46. The highest BCUT2D eigenvalue weighted by Crippen LogP contribution is 2.64. The molecule has 0 aromatic heterocycles. The summed E-state index contributed by atoms with van der Waals surface area (Å²) >= 11 is 0. The van der Waals surface area contributed by atoms with Crippen molar-refractivity contribution in [3.8, 4) is 5.75 Å². The lowest BCUT2D eigenvalue weighted by molar-refractivity contribution is -0.148. The number of benzene rings is 2. The van der Waals surface area contributed by atoms with Crippen molar-refractivity contribution < 1.29 is 29.0 Å². The van der Waals surface area contributed by atoms with Crippen molar-refractivity contribution in [2.24, 2.45) is 11.8 Å². The number of ether oxygens (including phenoxy) is 2. The molecule has 3 aliphatic rings. The number of hydrogen-bond acceptors (Lipinski definition) is 6. The van der Waals surface area contributed by atoms with Crippen LogP contribution in [0.5, 0.6) is 5.75 Å². The van der Waals surface area contributed by atoms with Crippen LogP contribution in [0.3, 0.4) is 0 Å². The van der Waals surface area contributed by atoms with Gasteiger partial charge in [0, 0.05) is 12.7 Å². The zero-order valence-electron chi connectivity index (χ0n) is 20.6. The summed E-state index contributed by atoms with van der Waals surface area (Å²) in [5, 5.41) is 16.1. The summed E-state index contributed by atoms with van der Waals surface area (Å²) < 4.78 is 11.8. The highest BCUT2D eigenvalue weighted by Gasteiger charge is 2.78. The van der Waals surface area contributed by atoms with Gasteiger partial charge in [-0.2, -0.15) is 0 Å². The fourth-order valence-corrected chi connectivity index (χ4v) is 6.47. The second-order valence-corrected chi connectivity index (χ2v) is 9.91. The van der Waals surface area contributed by atoms with Crippen molar-refractivity contribution in [3.05, 3.63) is 60.2 Å². The quantitative estimate of drug-likeness (QED) is 0.542. The summed E-state index contributed by atoms with van der Waals surface area (Å²) in [6.07, 6.45) is 1.00. The predicted molar refractivity (Wildman–Crippen MR) is 131 cm³/mol. The molecule has 0 radical (unpaired) electrons. The van der Waals surface area contributed by atoms with Crippen LogP contribution in [-0.2, 0) is 19.1 Å². The van der Waals surface area contributed by atoms with Crippen molar-refractivity contribution in [2.45, 2.75) is 43.1 Å². The number of aliphatic hydroxyl groups is 1. The van der Waals surface area contributed by atoms with E-state index in [1.54, 1.807) is 31.4 Å². The van der Waals surface area contributed by atoms with Gasteiger partial charge in [0.05, 0.1) is 37.2 Å². The number of methoxy groups -OCH3 is 1. The first-order valence-electron chi connectivity index (χ1n) is 12.1. The van der Waals surface area contributed by atoms with E-state index in [1.165, 1.54) is 11.9 Å². The Balaban J connectivity index is 1.59. The third-order valence-corrected chi connectivity index (χ3v) is 8.04. The topological polar surface area (TPSA) is 117 Å². The largest absolute Gasteiger partial charge is 0.497 e. The molecule has 6 atom stereocenters.